The zero-order valence-corrected chi connectivity index (χ0v) is 12.7. The van der Waals surface area contributed by atoms with Crippen LogP contribution in [0.2, 0.25) is 5.02 Å². The second-order valence-electron chi connectivity index (χ2n) is 4.87. The van der Waals surface area contributed by atoms with Crippen molar-refractivity contribution in [3.63, 3.8) is 0 Å². The summed E-state index contributed by atoms with van der Waals surface area (Å²) < 4.78 is 0. The van der Waals surface area contributed by atoms with Gasteiger partial charge in [-0.3, -0.25) is 9.59 Å². The third-order valence-corrected chi connectivity index (χ3v) is 3.31. The van der Waals surface area contributed by atoms with Crippen LogP contribution >= 0.6 is 11.6 Å². The van der Waals surface area contributed by atoms with E-state index in [9.17, 15) is 14.4 Å². The lowest BCUT2D eigenvalue weighted by atomic mass is 10.1. The maximum Gasteiger partial charge on any atom is 0.326 e. The van der Waals surface area contributed by atoms with E-state index in [1.54, 1.807) is 12.1 Å². The maximum atomic E-state index is 11.7. The van der Waals surface area contributed by atoms with E-state index < -0.39 is 23.9 Å². The molecule has 1 amide bonds. The quantitative estimate of drug-likeness (QED) is 0.644. The topological polar surface area (TPSA) is 104 Å². The highest BCUT2D eigenvalue weighted by molar-refractivity contribution is 6.30. The molecule has 6 nitrogen and oxygen atoms in total. The number of amides is 1. The van der Waals surface area contributed by atoms with Gasteiger partial charge in [0.2, 0.25) is 5.91 Å². The molecule has 0 fully saturated rings. The van der Waals surface area contributed by atoms with E-state index in [1.165, 1.54) is 0 Å². The third-order valence-electron chi connectivity index (χ3n) is 3.06. The lowest BCUT2D eigenvalue weighted by molar-refractivity contribution is -0.143. The second-order valence-corrected chi connectivity index (χ2v) is 5.31. The number of aryl methyl sites for hydroxylation is 1. The summed E-state index contributed by atoms with van der Waals surface area (Å²) in [5.74, 6) is -2.72. The Labute approximate surface area is 133 Å². The highest BCUT2D eigenvalue weighted by Crippen LogP contribution is 2.11. The van der Waals surface area contributed by atoms with Crippen LogP contribution in [-0.2, 0) is 20.8 Å². The summed E-state index contributed by atoms with van der Waals surface area (Å²) in [6.45, 7) is 0. The Balaban J connectivity index is 2.35. The largest absolute Gasteiger partial charge is 0.481 e. The van der Waals surface area contributed by atoms with Gasteiger partial charge in [0.15, 0.2) is 0 Å². The minimum absolute atomic E-state index is 0.131. The predicted molar refractivity (Wildman–Crippen MR) is 80.8 cm³/mol. The Hall–Kier alpha value is -2.08. The molecule has 0 aliphatic heterocycles. The summed E-state index contributed by atoms with van der Waals surface area (Å²) in [7, 11) is 0. The fourth-order valence-electron chi connectivity index (χ4n) is 1.90. The Bertz CT molecular complexity index is 529. The van der Waals surface area contributed by atoms with E-state index in [-0.39, 0.29) is 19.3 Å². The molecule has 0 saturated carbocycles. The first-order valence-electron chi connectivity index (χ1n) is 6.87. The van der Waals surface area contributed by atoms with Crippen LogP contribution in [0.25, 0.3) is 0 Å². The minimum Gasteiger partial charge on any atom is -0.481 e. The lowest BCUT2D eigenvalue weighted by Crippen LogP contribution is -2.41. The van der Waals surface area contributed by atoms with Gasteiger partial charge in [-0.25, -0.2) is 4.79 Å². The minimum atomic E-state index is -1.23. The van der Waals surface area contributed by atoms with E-state index in [0.717, 1.165) is 5.56 Å². The number of rotatable bonds is 9. The summed E-state index contributed by atoms with van der Waals surface area (Å²) >= 11 is 5.77. The number of carbonyl (C=O) groups is 3. The van der Waals surface area contributed by atoms with Crippen molar-refractivity contribution in [3.8, 4) is 0 Å². The number of hydrogen-bond acceptors (Lipinski definition) is 3. The van der Waals surface area contributed by atoms with Gasteiger partial charge in [0.25, 0.3) is 0 Å². The summed E-state index contributed by atoms with van der Waals surface area (Å²) in [5, 5.41) is 20.5. The predicted octanol–water partition coefficient (Wildman–Crippen LogP) is 2.10. The number of nitrogens with one attached hydrogen (secondary N) is 1. The number of carboxylic acids is 2. The van der Waals surface area contributed by atoms with E-state index in [1.807, 2.05) is 12.1 Å². The highest BCUT2D eigenvalue weighted by atomic mass is 35.5. The van der Waals surface area contributed by atoms with Gasteiger partial charge in [-0.2, -0.15) is 0 Å². The molecule has 120 valence electrons. The first kappa shape index (κ1) is 18.0. The zero-order valence-electron chi connectivity index (χ0n) is 11.9. The average Bonchev–Trinajstić information content (AvgIpc) is 2.45. The molecule has 22 heavy (non-hydrogen) atoms. The third kappa shape index (κ3) is 7.08. The molecule has 0 spiro atoms. The van der Waals surface area contributed by atoms with Crippen LogP contribution in [0.15, 0.2) is 24.3 Å². The van der Waals surface area contributed by atoms with E-state index in [4.69, 9.17) is 21.8 Å². The first-order chi connectivity index (χ1) is 10.4. The van der Waals surface area contributed by atoms with Crippen molar-refractivity contribution in [3.05, 3.63) is 34.9 Å². The molecule has 0 bridgehead atoms. The molecule has 7 heteroatoms. The number of carbonyl (C=O) groups excluding carboxylic acids is 1. The van der Waals surface area contributed by atoms with Gasteiger partial charge in [-0.1, -0.05) is 23.7 Å². The molecule has 0 aliphatic carbocycles. The second kappa shape index (κ2) is 9.04. The first-order valence-corrected chi connectivity index (χ1v) is 7.24. The normalized spacial score (nSPS) is 11.7. The number of carboxylic acid groups (broad SMARTS) is 2. The molecule has 1 aromatic rings. The van der Waals surface area contributed by atoms with Crippen LogP contribution in [0.1, 0.15) is 31.2 Å². The Kier molecular flexibility index (Phi) is 7.39. The maximum absolute atomic E-state index is 11.7. The molecule has 1 aromatic carbocycles. The van der Waals surface area contributed by atoms with Crippen LogP contribution in [0.3, 0.4) is 0 Å². The molecule has 0 heterocycles. The van der Waals surface area contributed by atoms with Gasteiger partial charge in [-0.15, -0.1) is 0 Å². The van der Waals surface area contributed by atoms with E-state index >= 15 is 0 Å². The van der Waals surface area contributed by atoms with Gasteiger partial charge < -0.3 is 15.5 Å². The van der Waals surface area contributed by atoms with Crippen molar-refractivity contribution in [2.24, 2.45) is 0 Å². The molecule has 0 saturated heterocycles. The van der Waals surface area contributed by atoms with Gasteiger partial charge >= 0.3 is 11.9 Å². The standard InChI is InChI=1S/C15H18ClNO5/c16-11-6-4-10(5-7-11)2-1-3-13(18)17-12(15(21)22)8-9-14(19)20/h4-7,12H,1-3,8-9H2,(H,17,18)(H,19,20)(H,21,22). The molecular formula is C15H18ClNO5. The molecule has 0 aromatic heterocycles. The lowest BCUT2D eigenvalue weighted by Gasteiger charge is -2.13. The molecule has 0 aliphatic rings. The summed E-state index contributed by atoms with van der Waals surface area (Å²) in [5.41, 5.74) is 1.04. The Morgan fingerprint density at radius 3 is 2.27 bits per heavy atom. The van der Waals surface area contributed by atoms with Crippen molar-refractivity contribution < 1.29 is 24.6 Å². The molecule has 1 unspecified atom stereocenters. The van der Waals surface area contributed by atoms with Crippen molar-refractivity contribution in [1.82, 2.24) is 5.32 Å². The van der Waals surface area contributed by atoms with Crippen molar-refractivity contribution in [1.29, 1.82) is 0 Å². The van der Waals surface area contributed by atoms with Crippen LogP contribution < -0.4 is 5.32 Å². The van der Waals surface area contributed by atoms with E-state index in [2.05, 4.69) is 5.32 Å². The summed E-state index contributed by atoms with van der Waals surface area (Å²) in [6, 6.07) is 6.10. The van der Waals surface area contributed by atoms with Crippen LogP contribution in [-0.4, -0.2) is 34.1 Å². The highest BCUT2D eigenvalue weighted by Gasteiger charge is 2.20. The van der Waals surface area contributed by atoms with Crippen LogP contribution in [0.4, 0.5) is 0 Å². The molecule has 0 radical (unpaired) electrons. The summed E-state index contributed by atoms with van der Waals surface area (Å²) in [4.78, 5) is 33.1. The molecule has 1 atom stereocenters. The van der Waals surface area contributed by atoms with Crippen molar-refractivity contribution >= 4 is 29.4 Å². The Morgan fingerprint density at radius 2 is 1.73 bits per heavy atom. The fourth-order valence-corrected chi connectivity index (χ4v) is 2.02. The number of benzene rings is 1. The van der Waals surface area contributed by atoms with Crippen LogP contribution in [0.5, 0.6) is 0 Å². The number of hydrogen-bond donors (Lipinski definition) is 3. The monoisotopic (exact) mass is 327 g/mol. The van der Waals surface area contributed by atoms with Gasteiger partial charge in [0, 0.05) is 17.9 Å². The average molecular weight is 328 g/mol. The SMILES string of the molecule is O=C(O)CCC(NC(=O)CCCc1ccc(Cl)cc1)C(=O)O. The molecule has 1 rings (SSSR count). The molecule has 3 N–H and O–H groups in total. The van der Waals surface area contributed by atoms with Crippen molar-refractivity contribution in [2.45, 2.75) is 38.1 Å². The molecular weight excluding hydrogens is 310 g/mol. The summed E-state index contributed by atoms with van der Waals surface area (Å²) in [6.07, 6.45) is 0.991. The van der Waals surface area contributed by atoms with Crippen molar-refractivity contribution in [2.75, 3.05) is 0 Å². The number of aliphatic carboxylic acids is 2. The van der Waals surface area contributed by atoms with E-state index in [0.29, 0.717) is 17.9 Å². The van der Waals surface area contributed by atoms with Gasteiger partial charge in [0.05, 0.1) is 0 Å². The van der Waals surface area contributed by atoms with Crippen LogP contribution in [0, 0.1) is 0 Å². The number of halogens is 1. The zero-order chi connectivity index (χ0) is 16.5. The Morgan fingerprint density at radius 1 is 1.09 bits per heavy atom. The van der Waals surface area contributed by atoms with Gasteiger partial charge in [-0.05, 0) is 37.0 Å². The van der Waals surface area contributed by atoms with Gasteiger partial charge in [0.1, 0.15) is 6.04 Å². The fraction of sp³-hybridized carbons (Fsp3) is 0.400. The smallest absolute Gasteiger partial charge is 0.326 e.